The number of carboxylic acids is 1. The maximum absolute atomic E-state index is 12.4. The van der Waals surface area contributed by atoms with Crippen LogP contribution in [0.25, 0.3) is 10.4 Å². The topological polar surface area (TPSA) is 250 Å². The maximum Gasteiger partial charge on any atom is 0.362 e. The Labute approximate surface area is 159 Å². The number of nitrogens with one attached hydrogen (secondary N) is 1. The highest BCUT2D eigenvalue weighted by molar-refractivity contribution is 7.84. The lowest BCUT2D eigenvalue weighted by molar-refractivity contribution is -0.144. The molecule has 2 rings (SSSR count). The smallest absolute Gasteiger partial charge is 0.362 e. The lowest BCUT2D eigenvalue weighted by Gasteiger charge is -2.41. The van der Waals surface area contributed by atoms with Gasteiger partial charge in [-0.15, -0.1) is 11.3 Å². The monoisotopic (exact) mass is 434 g/mol. The Morgan fingerprint density at radius 2 is 2.21 bits per heavy atom. The third-order valence-electron chi connectivity index (χ3n) is 3.05. The van der Waals surface area contributed by atoms with Gasteiger partial charge in [0.25, 0.3) is 11.8 Å². The Kier molecular flexibility index (Phi) is 5.99. The van der Waals surface area contributed by atoms with Crippen LogP contribution in [-0.4, -0.2) is 69.7 Å². The SMILES string of the molecule is [N-]=[N+]=N[C@@H]1[C@H](NC(=O)C(=NOCC(=O)O)c2csc(N)n2)C(=O)N1S(=O)(=O)O. The number of hydrogen-bond acceptors (Lipinski definition) is 11. The summed E-state index contributed by atoms with van der Waals surface area (Å²) >= 11 is 0.921. The van der Waals surface area contributed by atoms with E-state index in [2.05, 4.69) is 25.0 Å². The molecule has 0 bridgehead atoms. The quantitative estimate of drug-likeness (QED) is 0.0685. The zero-order valence-electron chi connectivity index (χ0n) is 13.4. The van der Waals surface area contributed by atoms with Gasteiger partial charge in [-0.3, -0.25) is 14.1 Å². The van der Waals surface area contributed by atoms with Crippen LogP contribution in [0.2, 0.25) is 0 Å². The number of aromatic nitrogens is 1. The molecule has 1 aliphatic rings. The minimum Gasteiger partial charge on any atom is -0.479 e. The molecule has 0 spiro atoms. The third-order valence-corrected chi connectivity index (χ3v) is 4.62. The van der Waals surface area contributed by atoms with Gasteiger partial charge in [0, 0.05) is 10.3 Å². The first-order chi connectivity index (χ1) is 13.1. The Bertz CT molecular complexity index is 997. The second kappa shape index (κ2) is 8.05. The van der Waals surface area contributed by atoms with E-state index in [-0.39, 0.29) is 15.1 Å². The van der Waals surface area contributed by atoms with Crippen LogP contribution in [0.3, 0.4) is 0 Å². The molecule has 1 saturated heterocycles. The average molecular weight is 434 g/mol. The molecular formula is C10H10N8O8S2. The summed E-state index contributed by atoms with van der Waals surface area (Å²) < 4.78 is 31.1. The summed E-state index contributed by atoms with van der Waals surface area (Å²) in [6, 6.07) is -1.65. The van der Waals surface area contributed by atoms with Gasteiger partial charge in [-0.05, 0) is 5.53 Å². The zero-order chi connectivity index (χ0) is 21.1. The van der Waals surface area contributed by atoms with Crippen LogP contribution in [0, 0.1) is 0 Å². The molecule has 16 nitrogen and oxygen atoms in total. The van der Waals surface area contributed by atoms with E-state index in [0.29, 0.717) is 0 Å². The molecule has 0 aliphatic carbocycles. The van der Waals surface area contributed by atoms with E-state index in [1.807, 2.05) is 5.32 Å². The number of hydrogen-bond donors (Lipinski definition) is 4. The van der Waals surface area contributed by atoms with E-state index >= 15 is 0 Å². The molecule has 1 aromatic heterocycles. The largest absolute Gasteiger partial charge is 0.479 e. The van der Waals surface area contributed by atoms with Crippen molar-refractivity contribution in [3.63, 3.8) is 0 Å². The standard InChI is InChI=1S/C10H10N8O8S2/c11-10-13-3(2-27-10)5(16-26-1-4(19)20)8(21)14-6-7(15-17-12)18(9(6)22)28(23,24)25/h2,6-7H,1H2,(H2,11,13)(H,14,21)(H,19,20)(H,23,24,25)/t6-,7-/m0/s1. The van der Waals surface area contributed by atoms with Crippen LogP contribution >= 0.6 is 11.3 Å². The van der Waals surface area contributed by atoms with Crippen LogP contribution in [-0.2, 0) is 29.5 Å². The van der Waals surface area contributed by atoms with Crippen molar-refractivity contribution in [2.24, 2.45) is 10.3 Å². The predicted octanol–water partition coefficient (Wildman–Crippen LogP) is -1.70. The van der Waals surface area contributed by atoms with E-state index in [4.69, 9.17) is 20.9 Å². The van der Waals surface area contributed by atoms with Crippen LogP contribution in [0.5, 0.6) is 0 Å². The highest BCUT2D eigenvalue weighted by atomic mass is 32.2. The minimum atomic E-state index is -5.03. The summed E-state index contributed by atoms with van der Waals surface area (Å²) in [4.78, 5) is 45.4. The van der Waals surface area contributed by atoms with Gasteiger partial charge in [-0.1, -0.05) is 10.3 Å². The summed E-state index contributed by atoms with van der Waals surface area (Å²) in [6.45, 7) is -0.892. The number of rotatable bonds is 8. The van der Waals surface area contributed by atoms with Crippen LogP contribution in [0.1, 0.15) is 5.69 Å². The molecule has 0 radical (unpaired) electrons. The van der Waals surface area contributed by atoms with Crippen LogP contribution in [0.15, 0.2) is 15.7 Å². The van der Waals surface area contributed by atoms with Gasteiger partial charge in [0.15, 0.2) is 17.0 Å². The van der Waals surface area contributed by atoms with Gasteiger partial charge in [-0.25, -0.2) is 14.1 Å². The number of oxime groups is 1. The number of aliphatic carboxylic acids is 1. The first-order valence-electron chi connectivity index (χ1n) is 6.85. The van der Waals surface area contributed by atoms with E-state index in [1.165, 1.54) is 5.38 Å². The van der Waals surface area contributed by atoms with Gasteiger partial charge in [0.1, 0.15) is 11.7 Å². The highest BCUT2D eigenvalue weighted by Crippen LogP contribution is 2.25. The van der Waals surface area contributed by atoms with Crippen molar-refractivity contribution in [3.05, 3.63) is 21.5 Å². The number of nitrogens with zero attached hydrogens (tertiary/aromatic N) is 6. The van der Waals surface area contributed by atoms with Gasteiger partial charge in [-0.2, -0.15) is 8.42 Å². The van der Waals surface area contributed by atoms with Crippen molar-refractivity contribution in [1.29, 1.82) is 0 Å². The number of nitrogen functional groups attached to an aromatic ring is 1. The fourth-order valence-electron chi connectivity index (χ4n) is 1.96. The molecule has 1 fully saturated rings. The number of nitrogens with two attached hydrogens (primary N) is 1. The Morgan fingerprint density at radius 1 is 1.54 bits per heavy atom. The molecule has 1 aromatic rings. The second-order valence-corrected chi connectivity index (χ2v) is 7.04. The number of carbonyl (C=O) groups excluding carboxylic acids is 2. The van der Waals surface area contributed by atoms with Gasteiger partial charge >= 0.3 is 16.3 Å². The maximum atomic E-state index is 12.4. The van der Waals surface area contributed by atoms with Crippen molar-refractivity contribution >= 4 is 50.3 Å². The van der Waals surface area contributed by atoms with Crippen molar-refractivity contribution in [2.45, 2.75) is 12.2 Å². The van der Waals surface area contributed by atoms with Crippen LogP contribution in [0.4, 0.5) is 5.13 Å². The molecule has 1 aliphatic heterocycles. The fourth-order valence-corrected chi connectivity index (χ4v) is 3.29. The normalized spacial score (nSPS) is 19.4. The number of β-lactam (4-membered cyclic amide) rings is 1. The third kappa shape index (κ3) is 4.43. The van der Waals surface area contributed by atoms with Gasteiger partial charge < -0.3 is 21.0 Å². The summed E-state index contributed by atoms with van der Waals surface area (Å²) in [5.41, 5.74) is 13.2. The molecule has 28 heavy (non-hydrogen) atoms. The molecular weight excluding hydrogens is 424 g/mol. The van der Waals surface area contributed by atoms with E-state index < -0.39 is 52.6 Å². The molecule has 0 saturated carbocycles. The van der Waals surface area contributed by atoms with Gasteiger partial charge in [0.05, 0.1) is 0 Å². The fraction of sp³-hybridized carbons (Fsp3) is 0.300. The molecule has 2 heterocycles. The Morgan fingerprint density at radius 3 is 2.71 bits per heavy atom. The number of carbonyl (C=O) groups is 3. The molecule has 18 heteroatoms. The molecule has 0 unspecified atom stereocenters. The van der Waals surface area contributed by atoms with E-state index in [0.717, 1.165) is 11.3 Å². The number of amides is 2. The van der Waals surface area contributed by atoms with Crippen molar-refractivity contribution in [3.8, 4) is 0 Å². The number of azide groups is 1. The number of anilines is 1. The lowest BCUT2D eigenvalue weighted by Crippen LogP contribution is -2.71. The molecule has 2 atom stereocenters. The summed E-state index contributed by atoms with van der Waals surface area (Å²) in [5, 5.41) is 18.3. The number of thiazole rings is 1. The zero-order valence-corrected chi connectivity index (χ0v) is 15.0. The molecule has 5 N–H and O–H groups in total. The first-order valence-corrected chi connectivity index (χ1v) is 9.12. The summed E-state index contributed by atoms with van der Waals surface area (Å²) in [5.74, 6) is -3.80. The van der Waals surface area contributed by atoms with Crippen LogP contribution < -0.4 is 11.1 Å². The Balaban J connectivity index is 2.26. The summed E-state index contributed by atoms with van der Waals surface area (Å²) in [6.07, 6.45) is -1.77. The first kappa shape index (κ1) is 20.8. The second-order valence-electron chi connectivity index (χ2n) is 4.86. The van der Waals surface area contributed by atoms with Crippen molar-refractivity contribution in [2.75, 3.05) is 12.3 Å². The van der Waals surface area contributed by atoms with E-state index in [1.54, 1.807) is 0 Å². The van der Waals surface area contributed by atoms with Crippen molar-refractivity contribution < 1.29 is 37.3 Å². The Hall–Kier alpha value is -3.47. The van der Waals surface area contributed by atoms with Crippen molar-refractivity contribution in [1.82, 2.24) is 14.6 Å². The average Bonchev–Trinajstić information content (AvgIpc) is 3.00. The number of carboxylic acid groups (broad SMARTS) is 1. The lowest BCUT2D eigenvalue weighted by atomic mass is 10.1. The summed E-state index contributed by atoms with van der Waals surface area (Å²) in [7, 11) is -5.03. The van der Waals surface area contributed by atoms with E-state index in [9.17, 15) is 22.8 Å². The predicted molar refractivity (Wildman–Crippen MR) is 89.9 cm³/mol. The molecule has 150 valence electrons. The minimum absolute atomic E-state index is 0.0398. The molecule has 0 aromatic carbocycles. The van der Waals surface area contributed by atoms with Gasteiger partial charge in [0.2, 0.25) is 6.61 Å². The molecule has 2 amide bonds. The highest BCUT2D eigenvalue weighted by Gasteiger charge is 2.54.